The van der Waals surface area contributed by atoms with Crippen molar-refractivity contribution >= 4 is 0 Å². The van der Waals surface area contributed by atoms with E-state index in [0.29, 0.717) is 6.42 Å². The number of benzene rings is 1. The van der Waals surface area contributed by atoms with Gasteiger partial charge in [0.25, 0.3) is 0 Å². The van der Waals surface area contributed by atoms with Gasteiger partial charge in [0.05, 0.1) is 0 Å². The maximum Gasteiger partial charge on any atom is 0.0416 e. The molecule has 2 nitrogen and oxygen atoms in total. The van der Waals surface area contributed by atoms with Crippen LogP contribution in [-0.2, 0) is 5.41 Å². The molecule has 0 amide bonds. The molecular formula is C16H22N2. The van der Waals surface area contributed by atoms with Crippen LogP contribution in [0.2, 0.25) is 0 Å². The lowest BCUT2D eigenvalue weighted by Gasteiger charge is -2.43. The highest BCUT2D eigenvalue weighted by Crippen LogP contribution is 2.42. The zero-order valence-corrected chi connectivity index (χ0v) is 10.9. The minimum atomic E-state index is 0.112. The molecule has 0 aromatic heterocycles. The van der Waals surface area contributed by atoms with Crippen molar-refractivity contribution in [3.8, 4) is 12.3 Å². The van der Waals surface area contributed by atoms with E-state index in [9.17, 15) is 0 Å². The Balaban J connectivity index is 2.36. The second-order valence-electron chi connectivity index (χ2n) is 5.21. The van der Waals surface area contributed by atoms with Crippen LogP contribution in [0.4, 0.5) is 0 Å². The van der Waals surface area contributed by atoms with E-state index in [1.54, 1.807) is 0 Å². The SMILES string of the molecule is C#CCC(NN)C1(c2ccccc2)CCCCC1. The molecule has 96 valence electrons. The van der Waals surface area contributed by atoms with Crippen molar-refractivity contribution in [2.75, 3.05) is 0 Å². The van der Waals surface area contributed by atoms with Crippen LogP contribution in [0.1, 0.15) is 44.1 Å². The summed E-state index contributed by atoms with van der Waals surface area (Å²) in [4.78, 5) is 0. The van der Waals surface area contributed by atoms with Crippen molar-refractivity contribution in [2.45, 2.75) is 50.0 Å². The zero-order chi connectivity index (χ0) is 12.8. The first kappa shape index (κ1) is 13.1. The Morgan fingerprint density at radius 1 is 1.22 bits per heavy atom. The average Bonchev–Trinajstić information content (AvgIpc) is 2.46. The van der Waals surface area contributed by atoms with Crippen LogP contribution in [0.25, 0.3) is 0 Å². The molecule has 0 spiro atoms. The number of hydrogen-bond acceptors (Lipinski definition) is 2. The third-order valence-electron chi connectivity index (χ3n) is 4.28. The Hall–Kier alpha value is -1.30. The van der Waals surface area contributed by atoms with Gasteiger partial charge in [-0.15, -0.1) is 12.3 Å². The van der Waals surface area contributed by atoms with E-state index in [1.807, 2.05) is 0 Å². The topological polar surface area (TPSA) is 38.0 Å². The van der Waals surface area contributed by atoms with Crippen LogP contribution in [-0.4, -0.2) is 6.04 Å². The van der Waals surface area contributed by atoms with Gasteiger partial charge in [-0.1, -0.05) is 49.6 Å². The van der Waals surface area contributed by atoms with Crippen LogP contribution in [0, 0.1) is 12.3 Å². The fourth-order valence-electron chi connectivity index (χ4n) is 3.32. The molecule has 2 rings (SSSR count). The second-order valence-corrected chi connectivity index (χ2v) is 5.21. The van der Waals surface area contributed by atoms with Gasteiger partial charge < -0.3 is 0 Å². The maximum atomic E-state index is 5.77. The molecule has 0 heterocycles. The molecule has 1 aromatic rings. The Labute approximate surface area is 110 Å². The summed E-state index contributed by atoms with van der Waals surface area (Å²) in [6.45, 7) is 0. The summed E-state index contributed by atoms with van der Waals surface area (Å²) >= 11 is 0. The predicted molar refractivity (Wildman–Crippen MR) is 75.8 cm³/mol. The molecule has 0 saturated heterocycles. The third-order valence-corrected chi connectivity index (χ3v) is 4.28. The normalized spacial score (nSPS) is 20.0. The molecule has 1 aliphatic carbocycles. The molecule has 0 radical (unpaired) electrons. The maximum absolute atomic E-state index is 5.77. The second kappa shape index (κ2) is 6.04. The summed E-state index contributed by atoms with van der Waals surface area (Å²) in [7, 11) is 0. The molecule has 0 bridgehead atoms. The van der Waals surface area contributed by atoms with Crippen molar-refractivity contribution in [1.29, 1.82) is 0 Å². The molecule has 1 aliphatic rings. The van der Waals surface area contributed by atoms with Gasteiger partial charge in [0.15, 0.2) is 0 Å². The van der Waals surface area contributed by atoms with Gasteiger partial charge in [0, 0.05) is 17.9 Å². The molecule has 1 unspecified atom stereocenters. The molecule has 18 heavy (non-hydrogen) atoms. The van der Waals surface area contributed by atoms with Gasteiger partial charge in [-0.2, -0.15) is 0 Å². The van der Waals surface area contributed by atoms with Crippen molar-refractivity contribution in [2.24, 2.45) is 5.84 Å². The van der Waals surface area contributed by atoms with E-state index in [0.717, 1.165) is 0 Å². The fraction of sp³-hybridized carbons (Fsp3) is 0.500. The first-order valence-corrected chi connectivity index (χ1v) is 6.78. The van der Waals surface area contributed by atoms with Crippen LogP contribution in [0.15, 0.2) is 30.3 Å². The van der Waals surface area contributed by atoms with Gasteiger partial charge in [-0.3, -0.25) is 11.3 Å². The van der Waals surface area contributed by atoms with E-state index in [-0.39, 0.29) is 11.5 Å². The molecule has 1 atom stereocenters. The van der Waals surface area contributed by atoms with Gasteiger partial charge >= 0.3 is 0 Å². The number of nitrogens with one attached hydrogen (secondary N) is 1. The lowest BCUT2D eigenvalue weighted by molar-refractivity contribution is 0.215. The van der Waals surface area contributed by atoms with Gasteiger partial charge in [-0.25, -0.2) is 0 Å². The van der Waals surface area contributed by atoms with Crippen LogP contribution in [0.3, 0.4) is 0 Å². The van der Waals surface area contributed by atoms with Gasteiger partial charge in [0.2, 0.25) is 0 Å². The van der Waals surface area contributed by atoms with Gasteiger partial charge in [-0.05, 0) is 18.4 Å². The number of hydrazine groups is 1. The predicted octanol–water partition coefficient (Wildman–Crippen LogP) is 2.74. The highest BCUT2D eigenvalue weighted by Gasteiger charge is 2.40. The van der Waals surface area contributed by atoms with Crippen molar-refractivity contribution in [3.05, 3.63) is 35.9 Å². The Morgan fingerprint density at radius 3 is 2.44 bits per heavy atom. The summed E-state index contributed by atoms with van der Waals surface area (Å²) in [5.41, 5.74) is 4.46. The molecule has 3 N–H and O–H groups in total. The summed E-state index contributed by atoms with van der Waals surface area (Å²) in [5.74, 6) is 8.53. The Bertz CT molecular complexity index is 399. The van der Waals surface area contributed by atoms with Crippen molar-refractivity contribution < 1.29 is 0 Å². The molecule has 1 fully saturated rings. The highest BCUT2D eigenvalue weighted by atomic mass is 15.2. The van der Waals surface area contributed by atoms with E-state index < -0.39 is 0 Å². The first-order valence-electron chi connectivity index (χ1n) is 6.78. The van der Waals surface area contributed by atoms with Gasteiger partial charge in [0.1, 0.15) is 0 Å². The third kappa shape index (κ3) is 2.43. The van der Waals surface area contributed by atoms with E-state index in [1.165, 1.54) is 37.7 Å². The number of nitrogens with two attached hydrogens (primary N) is 1. The molecule has 0 aliphatic heterocycles. The van der Waals surface area contributed by atoms with Crippen molar-refractivity contribution in [1.82, 2.24) is 5.43 Å². The lowest BCUT2D eigenvalue weighted by atomic mass is 9.64. The molecular weight excluding hydrogens is 220 g/mol. The van der Waals surface area contributed by atoms with E-state index in [4.69, 9.17) is 12.3 Å². The minimum Gasteiger partial charge on any atom is -0.271 e. The molecule has 2 heteroatoms. The number of terminal acetylenes is 1. The highest BCUT2D eigenvalue weighted by molar-refractivity contribution is 5.29. The summed E-state index contributed by atoms with van der Waals surface area (Å²) < 4.78 is 0. The largest absolute Gasteiger partial charge is 0.271 e. The standard InChI is InChI=1S/C16H22N2/c1-2-9-15(18-17)16(12-7-4-8-13-16)14-10-5-3-6-11-14/h1,3,5-6,10-11,15,18H,4,7-9,12-13,17H2. The van der Waals surface area contributed by atoms with E-state index >= 15 is 0 Å². The Kier molecular flexibility index (Phi) is 4.41. The Morgan fingerprint density at radius 2 is 1.89 bits per heavy atom. The van der Waals surface area contributed by atoms with Crippen LogP contribution < -0.4 is 11.3 Å². The fourth-order valence-corrected chi connectivity index (χ4v) is 3.32. The molecule has 1 aromatic carbocycles. The van der Waals surface area contributed by atoms with Crippen LogP contribution >= 0.6 is 0 Å². The minimum absolute atomic E-state index is 0.112. The van der Waals surface area contributed by atoms with E-state index in [2.05, 4.69) is 41.7 Å². The smallest absolute Gasteiger partial charge is 0.0416 e. The quantitative estimate of drug-likeness (QED) is 0.484. The molecule has 1 saturated carbocycles. The lowest BCUT2D eigenvalue weighted by Crippen LogP contribution is -2.52. The monoisotopic (exact) mass is 242 g/mol. The summed E-state index contributed by atoms with van der Waals surface area (Å²) in [6, 6.07) is 10.9. The summed E-state index contributed by atoms with van der Waals surface area (Å²) in [6.07, 6.45) is 12.4. The average molecular weight is 242 g/mol. The zero-order valence-electron chi connectivity index (χ0n) is 10.9. The van der Waals surface area contributed by atoms with Crippen LogP contribution in [0.5, 0.6) is 0 Å². The summed E-state index contributed by atoms with van der Waals surface area (Å²) in [5, 5.41) is 0. The van der Waals surface area contributed by atoms with Crippen molar-refractivity contribution in [3.63, 3.8) is 0 Å². The number of rotatable bonds is 4. The first-order chi connectivity index (χ1) is 8.83. The number of hydrogen-bond donors (Lipinski definition) is 2.